The molecule has 27 heavy (non-hydrogen) atoms. The highest BCUT2D eigenvalue weighted by Gasteiger charge is 2.23. The van der Waals surface area contributed by atoms with E-state index in [0.29, 0.717) is 0 Å². The van der Waals surface area contributed by atoms with E-state index in [1.54, 1.807) is 11.3 Å². The van der Waals surface area contributed by atoms with Crippen molar-refractivity contribution in [1.82, 2.24) is 9.55 Å². The van der Waals surface area contributed by atoms with Gasteiger partial charge in [-0.15, -0.1) is 11.3 Å². The van der Waals surface area contributed by atoms with Crippen LogP contribution in [0.3, 0.4) is 0 Å². The molecular weight excluding hydrogens is 350 g/mol. The number of benzene rings is 3. The number of aryl methyl sites for hydroxylation is 1. The van der Waals surface area contributed by atoms with E-state index in [0.717, 1.165) is 17.1 Å². The number of hydrogen-bond acceptors (Lipinski definition) is 2. The van der Waals surface area contributed by atoms with Crippen molar-refractivity contribution in [2.45, 2.75) is 20.4 Å². The van der Waals surface area contributed by atoms with Crippen molar-refractivity contribution in [2.75, 3.05) is 0 Å². The van der Waals surface area contributed by atoms with Crippen LogP contribution in [-0.2, 0) is 6.54 Å². The zero-order chi connectivity index (χ0) is 18.4. The first kappa shape index (κ1) is 16.2. The minimum atomic E-state index is 0.936. The van der Waals surface area contributed by atoms with Gasteiger partial charge in [0.05, 0.1) is 16.8 Å². The second-order valence-corrected chi connectivity index (χ2v) is 7.68. The molecule has 2 aromatic heterocycles. The number of para-hydroxylation sites is 2. The monoisotopic (exact) mass is 370 g/mol. The highest BCUT2D eigenvalue weighted by atomic mass is 32.1. The van der Waals surface area contributed by atoms with Crippen LogP contribution in [0.2, 0.25) is 0 Å². The fourth-order valence-corrected chi connectivity index (χ4v) is 4.79. The highest BCUT2D eigenvalue weighted by molar-refractivity contribution is 7.21. The van der Waals surface area contributed by atoms with E-state index in [1.165, 1.54) is 32.8 Å². The van der Waals surface area contributed by atoms with E-state index < -0.39 is 0 Å². The van der Waals surface area contributed by atoms with Crippen LogP contribution >= 0.6 is 11.3 Å². The number of hydrogen-bond donors (Lipinski definition) is 0. The van der Waals surface area contributed by atoms with E-state index in [2.05, 4.69) is 89.7 Å². The molecule has 0 amide bonds. The van der Waals surface area contributed by atoms with Crippen LogP contribution in [0.5, 0.6) is 0 Å². The molecule has 0 fully saturated rings. The fraction of sp³-hybridized carbons (Fsp3) is 0.130. The molecule has 132 valence electrons. The topological polar surface area (TPSA) is 21.7 Å². The average molecular weight is 371 g/mol. The Balaban J connectivity index is 1.74. The van der Waals surface area contributed by atoms with Crippen LogP contribution in [0.15, 0.2) is 72.8 Å². The summed E-state index contributed by atoms with van der Waals surface area (Å²) in [7, 11) is 0. The lowest BCUT2D eigenvalue weighted by Crippen LogP contribution is -2.34. The Hall–Kier alpha value is -2.98. The van der Waals surface area contributed by atoms with Crippen LogP contribution in [0.1, 0.15) is 12.7 Å². The second kappa shape index (κ2) is 6.32. The van der Waals surface area contributed by atoms with E-state index in [1.807, 2.05) is 6.07 Å². The van der Waals surface area contributed by atoms with E-state index >= 15 is 0 Å². The lowest BCUT2D eigenvalue weighted by Gasteiger charge is -1.99. The Morgan fingerprint density at radius 2 is 1.74 bits per heavy atom. The second-order valence-electron chi connectivity index (χ2n) is 6.65. The largest absolute Gasteiger partial charge is 0.259 e. The van der Waals surface area contributed by atoms with Gasteiger partial charge in [0.1, 0.15) is 10.7 Å². The summed E-state index contributed by atoms with van der Waals surface area (Å²) in [4.78, 5) is 4.84. The van der Waals surface area contributed by atoms with Gasteiger partial charge in [-0.1, -0.05) is 30.3 Å². The van der Waals surface area contributed by atoms with Gasteiger partial charge in [0.15, 0.2) is 11.0 Å². The number of nitrogens with zero attached hydrogens (tertiary/aromatic N) is 3. The van der Waals surface area contributed by atoms with Crippen LogP contribution in [0.4, 0.5) is 0 Å². The fourth-order valence-electron chi connectivity index (χ4n) is 3.83. The molecule has 0 N–H and O–H groups in total. The van der Waals surface area contributed by atoms with Crippen molar-refractivity contribution >= 4 is 32.6 Å². The predicted molar refractivity (Wildman–Crippen MR) is 112 cm³/mol. The molecule has 5 aromatic rings. The molecule has 0 saturated carbocycles. The van der Waals surface area contributed by atoms with Crippen molar-refractivity contribution in [1.29, 1.82) is 0 Å². The van der Waals surface area contributed by atoms with Gasteiger partial charge >= 0.3 is 0 Å². The maximum Gasteiger partial charge on any atom is 0.259 e. The van der Waals surface area contributed by atoms with Gasteiger partial charge in [0, 0.05) is 12.5 Å². The minimum absolute atomic E-state index is 0.936. The first-order valence-electron chi connectivity index (χ1n) is 9.22. The quantitative estimate of drug-likeness (QED) is 0.383. The first-order valence-corrected chi connectivity index (χ1v) is 10.0. The summed E-state index contributed by atoms with van der Waals surface area (Å²) in [6.45, 7) is 5.32. The SMILES string of the molecule is CC[n+]1c(C)n(-c2ccccc2)c2ccc(-c3nc4ccccc4s3)cc21. The smallest absolute Gasteiger partial charge is 0.236 e. The molecule has 3 aromatic carbocycles. The summed E-state index contributed by atoms with van der Waals surface area (Å²) >= 11 is 1.75. The van der Waals surface area contributed by atoms with Gasteiger partial charge in [-0.25, -0.2) is 9.55 Å². The molecule has 0 bridgehead atoms. The molecule has 2 heterocycles. The van der Waals surface area contributed by atoms with Gasteiger partial charge in [-0.3, -0.25) is 0 Å². The maximum atomic E-state index is 4.84. The standard InChI is InChI=1S/C23H20N3S/c1-3-25-16(2)26(18-9-5-4-6-10-18)20-14-13-17(15-21(20)25)23-24-19-11-7-8-12-22(19)27-23/h4-15H,3H2,1-2H3/q+1. The highest BCUT2D eigenvalue weighted by Crippen LogP contribution is 2.32. The number of aromatic nitrogens is 3. The lowest BCUT2D eigenvalue weighted by molar-refractivity contribution is -0.674. The molecule has 0 radical (unpaired) electrons. The van der Waals surface area contributed by atoms with Gasteiger partial charge in [0.25, 0.3) is 5.82 Å². The Morgan fingerprint density at radius 3 is 2.52 bits per heavy atom. The Labute approximate surface area is 162 Å². The Morgan fingerprint density at radius 1 is 0.963 bits per heavy atom. The van der Waals surface area contributed by atoms with Crippen molar-refractivity contribution in [2.24, 2.45) is 0 Å². The summed E-state index contributed by atoms with van der Waals surface area (Å²) in [6.07, 6.45) is 0. The molecular formula is C23H20N3S+. The van der Waals surface area contributed by atoms with Gasteiger partial charge < -0.3 is 0 Å². The average Bonchev–Trinajstić information content (AvgIpc) is 3.26. The summed E-state index contributed by atoms with van der Waals surface area (Å²) in [5, 5.41) is 1.07. The molecule has 5 rings (SSSR count). The predicted octanol–water partition coefficient (Wildman–Crippen LogP) is 5.52. The van der Waals surface area contributed by atoms with E-state index in [-0.39, 0.29) is 0 Å². The van der Waals surface area contributed by atoms with Crippen molar-refractivity contribution in [3.05, 3.63) is 78.6 Å². The number of fused-ring (bicyclic) bond motifs is 2. The normalized spacial score (nSPS) is 11.5. The molecule has 3 nitrogen and oxygen atoms in total. The first-order chi connectivity index (χ1) is 13.3. The molecule has 0 atom stereocenters. The molecule has 0 saturated heterocycles. The van der Waals surface area contributed by atoms with Gasteiger partial charge in [-0.2, -0.15) is 4.57 Å². The number of thiazole rings is 1. The number of rotatable bonds is 3. The Bertz CT molecular complexity index is 1230. The van der Waals surface area contributed by atoms with Crippen LogP contribution in [0.25, 0.3) is 37.5 Å². The molecule has 0 aliphatic carbocycles. The van der Waals surface area contributed by atoms with Gasteiger partial charge in [-0.05, 0) is 49.4 Å². The van der Waals surface area contributed by atoms with Crippen LogP contribution in [-0.4, -0.2) is 9.55 Å². The van der Waals surface area contributed by atoms with E-state index in [9.17, 15) is 0 Å². The van der Waals surface area contributed by atoms with E-state index in [4.69, 9.17) is 4.98 Å². The minimum Gasteiger partial charge on any atom is -0.236 e. The third kappa shape index (κ3) is 2.56. The van der Waals surface area contributed by atoms with Crippen molar-refractivity contribution in [3.63, 3.8) is 0 Å². The van der Waals surface area contributed by atoms with Crippen molar-refractivity contribution < 1.29 is 4.57 Å². The summed E-state index contributed by atoms with van der Waals surface area (Å²) in [6, 6.07) is 25.6. The molecule has 0 spiro atoms. The third-order valence-corrected chi connectivity index (χ3v) is 6.18. The van der Waals surface area contributed by atoms with Crippen molar-refractivity contribution in [3.8, 4) is 16.3 Å². The summed E-state index contributed by atoms with van der Waals surface area (Å²) in [5.74, 6) is 1.24. The summed E-state index contributed by atoms with van der Waals surface area (Å²) < 4.78 is 5.94. The third-order valence-electron chi connectivity index (χ3n) is 5.09. The zero-order valence-electron chi connectivity index (χ0n) is 15.4. The molecule has 4 heteroatoms. The molecule has 0 aliphatic rings. The Kier molecular flexibility index (Phi) is 3.80. The van der Waals surface area contributed by atoms with Crippen LogP contribution < -0.4 is 4.57 Å². The number of imidazole rings is 1. The molecule has 0 aliphatic heterocycles. The van der Waals surface area contributed by atoms with Crippen LogP contribution in [0, 0.1) is 6.92 Å². The maximum absolute atomic E-state index is 4.84. The zero-order valence-corrected chi connectivity index (χ0v) is 16.2. The molecule has 0 unspecified atom stereocenters. The summed E-state index contributed by atoms with van der Waals surface area (Å²) in [5.41, 5.74) is 5.91. The van der Waals surface area contributed by atoms with Gasteiger partial charge in [0.2, 0.25) is 0 Å². The lowest BCUT2D eigenvalue weighted by atomic mass is 10.2.